The largest absolute Gasteiger partial charge is 0.495 e. The third-order valence-corrected chi connectivity index (χ3v) is 7.00. The molecule has 1 aromatic heterocycles. The van der Waals surface area contributed by atoms with Crippen molar-refractivity contribution >= 4 is 48.9 Å². The number of aryl methyl sites for hydroxylation is 1. The number of para-hydroxylation sites is 2. The molecule has 0 bridgehead atoms. The van der Waals surface area contributed by atoms with E-state index in [4.69, 9.17) is 4.74 Å². The molecule has 1 amide bonds. The van der Waals surface area contributed by atoms with E-state index in [9.17, 15) is 13.2 Å². The number of carbonyl (C=O) groups is 1. The Kier molecular flexibility index (Phi) is 5.62. The average molecular weight is 454 g/mol. The number of rotatable bonds is 6. The van der Waals surface area contributed by atoms with Gasteiger partial charge < -0.3 is 10.1 Å². The normalized spacial score (nSPS) is 11.3. The van der Waals surface area contributed by atoms with E-state index in [0.29, 0.717) is 22.7 Å². The molecule has 4 aromatic rings. The Morgan fingerprint density at radius 2 is 1.87 bits per heavy atom. The van der Waals surface area contributed by atoms with Crippen molar-refractivity contribution in [2.45, 2.75) is 11.8 Å². The first-order valence-corrected chi connectivity index (χ1v) is 11.6. The van der Waals surface area contributed by atoms with Crippen LogP contribution in [0, 0.1) is 6.92 Å². The van der Waals surface area contributed by atoms with Gasteiger partial charge in [-0.2, -0.15) is 0 Å². The van der Waals surface area contributed by atoms with E-state index in [1.165, 1.54) is 24.5 Å². The van der Waals surface area contributed by atoms with E-state index in [-0.39, 0.29) is 10.5 Å². The molecule has 31 heavy (non-hydrogen) atoms. The number of hydrogen-bond acceptors (Lipinski definition) is 6. The summed E-state index contributed by atoms with van der Waals surface area (Å²) in [6, 6.07) is 16.7. The van der Waals surface area contributed by atoms with E-state index in [0.717, 1.165) is 10.2 Å². The molecule has 0 aliphatic heterocycles. The molecule has 0 fully saturated rings. The minimum atomic E-state index is -3.95. The summed E-state index contributed by atoms with van der Waals surface area (Å²) in [5.41, 5.74) is 4.17. The number of sulfonamides is 1. The Morgan fingerprint density at radius 1 is 1.06 bits per heavy atom. The lowest BCUT2D eigenvalue weighted by Gasteiger charge is -2.14. The quantitative estimate of drug-likeness (QED) is 0.442. The zero-order valence-electron chi connectivity index (χ0n) is 16.7. The number of anilines is 2. The molecule has 0 aliphatic carbocycles. The number of thiazole rings is 1. The van der Waals surface area contributed by atoms with E-state index < -0.39 is 15.9 Å². The molecular weight excluding hydrogens is 434 g/mol. The maximum absolute atomic E-state index is 13.0. The number of aromatic nitrogens is 1. The first kappa shape index (κ1) is 20.8. The number of amides is 1. The molecule has 1 heterocycles. The van der Waals surface area contributed by atoms with E-state index >= 15 is 0 Å². The van der Waals surface area contributed by atoms with Crippen LogP contribution in [-0.4, -0.2) is 26.4 Å². The summed E-state index contributed by atoms with van der Waals surface area (Å²) in [6.45, 7) is 1.68. The molecule has 0 radical (unpaired) electrons. The monoisotopic (exact) mass is 453 g/mol. The van der Waals surface area contributed by atoms with Crippen LogP contribution in [0.25, 0.3) is 10.2 Å². The van der Waals surface area contributed by atoms with Gasteiger partial charge in [-0.1, -0.05) is 18.2 Å². The predicted octanol–water partition coefficient (Wildman–Crippen LogP) is 4.67. The SMILES string of the molecule is COc1ccccc1NS(=O)(=O)c1cc(C(=O)Nc2ccc3scnc3c2)ccc1C. The zero-order chi connectivity index (χ0) is 22.0. The highest BCUT2D eigenvalue weighted by molar-refractivity contribution is 7.92. The maximum Gasteiger partial charge on any atom is 0.262 e. The number of ether oxygens (including phenoxy) is 1. The van der Waals surface area contributed by atoms with Crippen molar-refractivity contribution in [3.63, 3.8) is 0 Å². The summed E-state index contributed by atoms with van der Waals surface area (Å²) in [6.07, 6.45) is 0. The molecule has 0 saturated carbocycles. The van der Waals surface area contributed by atoms with Crippen LogP contribution < -0.4 is 14.8 Å². The molecule has 0 aliphatic rings. The lowest BCUT2D eigenvalue weighted by Crippen LogP contribution is -2.17. The van der Waals surface area contributed by atoms with Crippen molar-refractivity contribution in [3.05, 3.63) is 77.3 Å². The van der Waals surface area contributed by atoms with Gasteiger partial charge in [-0.05, 0) is 55.0 Å². The Morgan fingerprint density at radius 3 is 2.68 bits per heavy atom. The molecule has 0 saturated heterocycles. The second-order valence-corrected chi connectivity index (χ2v) is 9.31. The molecule has 0 unspecified atom stereocenters. The molecule has 3 aromatic carbocycles. The van der Waals surface area contributed by atoms with Crippen molar-refractivity contribution in [1.82, 2.24) is 4.98 Å². The van der Waals surface area contributed by atoms with Crippen LogP contribution in [0.3, 0.4) is 0 Å². The predicted molar refractivity (Wildman–Crippen MR) is 123 cm³/mol. The number of nitrogens with one attached hydrogen (secondary N) is 2. The number of benzene rings is 3. The van der Waals surface area contributed by atoms with Gasteiger partial charge in [0.05, 0.1) is 33.4 Å². The smallest absolute Gasteiger partial charge is 0.262 e. The summed E-state index contributed by atoms with van der Waals surface area (Å²) in [7, 11) is -2.48. The molecule has 0 spiro atoms. The second-order valence-electron chi connectivity index (χ2n) is 6.78. The fourth-order valence-electron chi connectivity index (χ4n) is 3.10. The van der Waals surface area contributed by atoms with Crippen LogP contribution in [0.15, 0.2) is 71.1 Å². The van der Waals surface area contributed by atoms with E-state index in [1.807, 2.05) is 6.07 Å². The van der Waals surface area contributed by atoms with Crippen LogP contribution >= 0.6 is 11.3 Å². The standard InChI is InChI=1S/C22H19N3O4S2/c1-14-7-8-15(22(26)24-16-9-10-20-18(12-16)23-13-30-20)11-21(14)31(27,28)25-17-5-3-4-6-19(17)29-2/h3-13,25H,1-2H3,(H,24,26). The first-order valence-electron chi connectivity index (χ1n) is 9.28. The van der Waals surface area contributed by atoms with Crippen LogP contribution in [-0.2, 0) is 10.0 Å². The van der Waals surface area contributed by atoms with Gasteiger partial charge in [0, 0.05) is 11.3 Å². The van der Waals surface area contributed by atoms with Crippen molar-refractivity contribution in [3.8, 4) is 5.75 Å². The molecule has 158 valence electrons. The molecule has 2 N–H and O–H groups in total. The van der Waals surface area contributed by atoms with Crippen molar-refractivity contribution in [2.75, 3.05) is 17.1 Å². The number of methoxy groups -OCH3 is 1. The van der Waals surface area contributed by atoms with Gasteiger partial charge in [0.2, 0.25) is 0 Å². The van der Waals surface area contributed by atoms with Crippen LogP contribution in [0.4, 0.5) is 11.4 Å². The second kappa shape index (κ2) is 8.37. The maximum atomic E-state index is 13.0. The number of hydrogen-bond donors (Lipinski definition) is 2. The topological polar surface area (TPSA) is 97.4 Å². The third kappa shape index (κ3) is 4.37. The van der Waals surface area contributed by atoms with E-state index in [1.54, 1.807) is 61.0 Å². The third-order valence-electron chi connectivity index (χ3n) is 4.68. The van der Waals surface area contributed by atoms with Crippen molar-refractivity contribution < 1.29 is 17.9 Å². The Bertz CT molecular complexity index is 1380. The zero-order valence-corrected chi connectivity index (χ0v) is 18.4. The lowest BCUT2D eigenvalue weighted by molar-refractivity contribution is 0.102. The number of carbonyl (C=O) groups excluding carboxylic acids is 1. The van der Waals surface area contributed by atoms with Crippen LogP contribution in [0.2, 0.25) is 0 Å². The molecule has 9 heteroatoms. The summed E-state index contributed by atoms with van der Waals surface area (Å²) in [5, 5.41) is 2.80. The average Bonchev–Trinajstić information content (AvgIpc) is 3.22. The summed E-state index contributed by atoms with van der Waals surface area (Å²) >= 11 is 1.51. The van der Waals surface area contributed by atoms with Gasteiger partial charge in [-0.25, -0.2) is 13.4 Å². The van der Waals surface area contributed by atoms with Gasteiger partial charge in [0.1, 0.15) is 5.75 Å². The summed E-state index contributed by atoms with van der Waals surface area (Å²) in [5.74, 6) is -0.0154. The van der Waals surface area contributed by atoms with Gasteiger partial charge in [0.25, 0.3) is 15.9 Å². The molecule has 0 atom stereocenters. The van der Waals surface area contributed by atoms with Gasteiger partial charge in [0.15, 0.2) is 0 Å². The molecule has 7 nitrogen and oxygen atoms in total. The van der Waals surface area contributed by atoms with Crippen LogP contribution in [0.1, 0.15) is 15.9 Å². The Balaban J connectivity index is 1.61. The Hall–Kier alpha value is -3.43. The number of nitrogens with zero attached hydrogens (tertiary/aromatic N) is 1. The van der Waals surface area contributed by atoms with E-state index in [2.05, 4.69) is 15.0 Å². The minimum absolute atomic E-state index is 0.0148. The fraction of sp³-hybridized carbons (Fsp3) is 0.0909. The highest BCUT2D eigenvalue weighted by Crippen LogP contribution is 2.28. The highest BCUT2D eigenvalue weighted by atomic mass is 32.2. The number of fused-ring (bicyclic) bond motifs is 1. The van der Waals surface area contributed by atoms with Gasteiger partial charge in [-0.3, -0.25) is 9.52 Å². The molecule has 4 rings (SSSR count). The van der Waals surface area contributed by atoms with Crippen molar-refractivity contribution in [1.29, 1.82) is 0 Å². The minimum Gasteiger partial charge on any atom is -0.495 e. The summed E-state index contributed by atoms with van der Waals surface area (Å²) < 4.78 is 34.8. The van der Waals surface area contributed by atoms with Crippen molar-refractivity contribution in [2.24, 2.45) is 0 Å². The molecular formula is C22H19N3O4S2. The lowest BCUT2D eigenvalue weighted by atomic mass is 10.1. The summed E-state index contributed by atoms with van der Waals surface area (Å²) in [4.78, 5) is 17.0. The first-order chi connectivity index (χ1) is 14.9. The fourth-order valence-corrected chi connectivity index (χ4v) is 5.10. The van der Waals surface area contributed by atoms with Crippen LogP contribution in [0.5, 0.6) is 5.75 Å². The van der Waals surface area contributed by atoms with Gasteiger partial charge in [-0.15, -0.1) is 11.3 Å². The highest BCUT2D eigenvalue weighted by Gasteiger charge is 2.21. The van der Waals surface area contributed by atoms with Gasteiger partial charge >= 0.3 is 0 Å². The Labute approximate surface area is 183 Å².